The number of hydrogen-bond donors (Lipinski definition) is 2. The van der Waals surface area contributed by atoms with Crippen molar-refractivity contribution in [3.8, 4) is 0 Å². The van der Waals surface area contributed by atoms with Gasteiger partial charge in [0.2, 0.25) is 0 Å². The van der Waals surface area contributed by atoms with Crippen molar-refractivity contribution in [2.45, 2.75) is 45.1 Å². The molecule has 6 heteroatoms. The lowest BCUT2D eigenvalue weighted by atomic mass is 9.96. The summed E-state index contributed by atoms with van der Waals surface area (Å²) in [5.74, 6) is -0.215. The smallest absolute Gasteiger partial charge is 0.317 e. The zero-order valence-electron chi connectivity index (χ0n) is 13.5. The van der Waals surface area contributed by atoms with Gasteiger partial charge >= 0.3 is 12.0 Å². The van der Waals surface area contributed by atoms with Crippen LogP contribution in [0.25, 0.3) is 0 Å². The molecule has 0 aliphatic carbocycles. The predicted octanol–water partition coefficient (Wildman–Crippen LogP) is 1.61. The summed E-state index contributed by atoms with van der Waals surface area (Å²) in [4.78, 5) is 27.0. The number of carbonyl (C=O) groups is 2. The van der Waals surface area contributed by atoms with E-state index in [2.05, 4.69) is 24.3 Å². The summed E-state index contributed by atoms with van der Waals surface area (Å²) in [5, 5.41) is 11.8. The molecule has 1 unspecified atom stereocenters. The van der Waals surface area contributed by atoms with Gasteiger partial charge in [0.15, 0.2) is 0 Å². The molecular formula is C15H29N3O3. The van der Waals surface area contributed by atoms with Crippen LogP contribution < -0.4 is 5.32 Å². The number of aliphatic carboxylic acids is 1. The fraction of sp³-hybridized carbons (Fsp3) is 0.867. The van der Waals surface area contributed by atoms with Gasteiger partial charge in [-0.2, -0.15) is 0 Å². The molecule has 0 aromatic heterocycles. The SMILES string of the molecule is CCCC(CC(=O)O)NC(=O)N1CCC(CN(C)C)CC1. The molecule has 6 nitrogen and oxygen atoms in total. The highest BCUT2D eigenvalue weighted by Crippen LogP contribution is 2.18. The van der Waals surface area contributed by atoms with Gasteiger partial charge in [-0.15, -0.1) is 0 Å². The van der Waals surface area contributed by atoms with Crippen LogP contribution in [0.2, 0.25) is 0 Å². The average molecular weight is 299 g/mol. The summed E-state index contributed by atoms with van der Waals surface area (Å²) in [6.07, 6.45) is 3.60. The van der Waals surface area contributed by atoms with Crippen molar-refractivity contribution in [3.63, 3.8) is 0 Å². The Morgan fingerprint density at radius 3 is 2.43 bits per heavy atom. The maximum Gasteiger partial charge on any atom is 0.317 e. The van der Waals surface area contributed by atoms with Crippen molar-refractivity contribution in [3.05, 3.63) is 0 Å². The van der Waals surface area contributed by atoms with Crippen molar-refractivity contribution in [2.24, 2.45) is 5.92 Å². The van der Waals surface area contributed by atoms with Gasteiger partial charge in [-0.05, 0) is 39.3 Å². The van der Waals surface area contributed by atoms with Crippen LogP contribution in [0.5, 0.6) is 0 Å². The van der Waals surface area contributed by atoms with E-state index in [-0.39, 0.29) is 18.5 Å². The number of carbonyl (C=O) groups excluding carboxylic acids is 1. The summed E-state index contributed by atoms with van der Waals surface area (Å²) in [6.45, 7) is 4.58. The van der Waals surface area contributed by atoms with Crippen LogP contribution in [0.4, 0.5) is 4.79 Å². The van der Waals surface area contributed by atoms with Gasteiger partial charge in [0, 0.05) is 25.7 Å². The molecule has 0 aromatic carbocycles. The molecular weight excluding hydrogens is 270 g/mol. The van der Waals surface area contributed by atoms with E-state index in [1.165, 1.54) is 0 Å². The van der Waals surface area contributed by atoms with E-state index in [1.54, 1.807) is 0 Å². The zero-order chi connectivity index (χ0) is 15.8. The molecule has 1 fully saturated rings. The lowest BCUT2D eigenvalue weighted by molar-refractivity contribution is -0.137. The Morgan fingerprint density at radius 1 is 1.33 bits per heavy atom. The predicted molar refractivity (Wildman–Crippen MR) is 82.3 cm³/mol. The molecule has 0 spiro atoms. The minimum Gasteiger partial charge on any atom is -0.481 e. The Balaban J connectivity index is 2.39. The number of hydrogen-bond acceptors (Lipinski definition) is 3. The first kappa shape index (κ1) is 17.8. The highest BCUT2D eigenvalue weighted by atomic mass is 16.4. The number of amides is 2. The van der Waals surface area contributed by atoms with Crippen molar-refractivity contribution in [1.29, 1.82) is 0 Å². The van der Waals surface area contributed by atoms with Crippen molar-refractivity contribution in [1.82, 2.24) is 15.1 Å². The Labute approximate surface area is 127 Å². The van der Waals surface area contributed by atoms with E-state index in [1.807, 2.05) is 11.8 Å². The van der Waals surface area contributed by atoms with Crippen molar-refractivity contribution < 1.29 is 14.7 Å². The molecule has 122 valence electrons. The van der Waals surface area contributed by atoms with E-state index in [0.29, 0.717) is 12.3 Å². The number of nitrogens with one attached hydrogen (secondary N) is 1. The molecule has 1 rings (SSSR count). The van der Waals surface area contributed by atoms with E-state index >= 15 is 0 Å². The van der Waals surface area contributed by atoms with Crippen LogP contribution in [-0.4, -0.2) is 66.7 Å². The van der Waals surface area contributed by atoms with Gasteiger partial charge in [-0.25, -0.2) is 4.79 Å². The number of carboxylic acids is 1. The second kappa shape index (κ2) is 8.87. The highest BCUT2D eigenvalue weighted by molar-refractivity contribution is 5.76. The number of carboxylic acid groups (broad SMARTS) is 1. The molecule has 0 radical (unpaired) electrons. The van der Waals surface area contributed by atoms with Crippen LogP contribution in [0.1, 0.15) is 39.0 Å². The maximum absolute atomic E-state index is 12.2. The van der Waals surface area contributed by atoms with E-state index in [4.69, 9.17) is 5.11 Å². The molecule has 1 atom stereocenters. The van der Waals surface area contributed by atoms with Crippen LogP contribution in [0.3, 0.4) is 0 Å². The number of nitrogens with zero attached hydrogens (tertiary/aromatic N) is 2. The summed E-state index contributed by atoms with van der Waals surface area (Å²) in [7, 11) is 4.14. The largest absolute Gasteiger partial charge is 0.481 e. The second-order valence-corrected chi connectivity index (χ2v) is 6.23. The first-order valence-electron chi connectivity index (χ1n) is 7.84. The summed E-state index contributed by atoms with van der Waals surface area (Å²) < 4.78 is 0. The third kappa shape index (κ3) is 6.80. The van der Waals surface area contributed by atoms with E-state index in [0.717, 1.165) is 38.9 Å². The third-order valence-corrected chi connectivity index (χ3v) is 3.91. The molecule has 1 saturated heterocycles. The zero-order valence-corrected chi connectivity index (χ0v) is 13.5. The molecule has 0 aromatic rings. The monoisotopic (exact) mass is 299 g/mol. The lowest BCUT2D eigenvalue weighted by Gasteiger charge is -2.34. The molecule has 1 aliphatic rings. The summed E-state index contributed by atoms with van der Waals surface area (Å²) in [6, 6.07) is -0.377. The Bertz CT molecular complexity index is 339. The molecule has 21 heavy (non-hydrogen) atoms. The number of likely N-dealkylation sites (tertiary alicyclic amines) is 1. The molecule has 2 N–H and O–H groups in total. The highest BCUT2D eigenvalue weighted by Gasteiger charge is 2.25. The summed E-state index contributed by atoms with van der Waals surface area (Å²) >= 11 is 0. The first-order valence-corrected chi connectivity index (χ1v) is 7.84. The normalized spacial score (nSPS) is 17.8. The fourth-order valence-electron chi connectivity index (χ4n) is 2.89. The number of rotatable bonds is 7. The molecule has 2 amide bonds. The molecule has 0 bridgehead atoms. The van der Waals surface area contributed by atoms with Crippen LogP contribution in [0.15, 0.2) is 0 Å². The van der Waals surface area contributed by atoms with Crippen molar-refractivity contribution >= 4 is 12.0 Å². The molecule has 0 saturated carbocycles. The van der Waals surface area contributed by atoms with Gasteiger partial charge in [-0.3, -0.25) is 4.79 Å². The molecule has 1 heterocycles. The van der Waals surface area contributed by atoms with Crippen LogP contribution in [-0.2, 0) is 4.79 Å². The van der Waals surface area contributed by atoms with Crippen LogP contribution >= 0.6 is 0 Å². The Kier molecular flexibility index (Phi) is 7.50. The Hall–Kier alpha value is -1.30. The first-order chi connectivity index (χ1) is 9.92. The lowest BCUT2D eigenvalue weighted by Crippen LogP contribution is -2.49. The molecule has 1 aliphatic heterocycles. The fourth-order valence-corrected chi connectivity index (χ4v) is 2.89. The summed E-state index contributed by atoms with van der Waals surface area (Å²) in [5.41, 5.74) is 0. The van der Waals surface area contributed by atoms with E-state index < -0.39 is 5.97 Å². The second-order valence-electron chi connectivity index (χ2n) is 6.23. The van der Waals surface area contributed by atoms with Gasteiger partial charge in [0.05, 0.1) is 6.42 Å². The quantitative estimate of drug-likeness (QED) is 0.749. The van der Waals surface area contributed by atoms with Gasteiger partial charge in [-0.1, -0.05) is 13.3 Å². The topological polar surface area (TPSA) is 72.9 Å². The van der Waals surface area contributed by atoms with Gasteiger partial charge in [0.1, 0.15) is 0 Å². The minimum atomic E-state index is -0.863. The maximum atomic E-state index is 12.2. The van der Waals surface area contributed by atoms with Crippen molar-refractivity contribution in [2.75, 3.05) is 33.7 Å². The van der Waals surface area contributed by atoms with Crippen LogP contribution in [0, 0.1) is 5.92 Å². The number of piperidine rings is 1. The third-order valence-electron chi connectivity index (χ3n) is 3.91. The minimum absolute atomic E-state index is 0.00330. The average Bonchev–Trinajstić information content (AvgIpc) is 2.38. The Morgan fingerprint density at radius 2 is 1.95 bits per heavy atom. The standard InChI is InChI=1S/C15H29N3O3/c1-4-5-13(10-14(19)20)16-15(21)18-8-6-12(7-9-18)11-17(2)3/h12-13H,4-11H2,1-3H3,(H,16,21)(H,19,20). The van der Waals surface area contributed by atoms with Gasteiger partial charge in [0.25, 0.3) is 0 Å². The van der Waals surface area contributed by atoms with Gasteiger partial charge < -0.3 is 20.2 Å². The number of urea groups is 1. The van der Waals surface area contributed by atoms with E-state index in [9.17, 15) is 9.59 Å².